The van der Waals surface area contributed by atoms with Crippen molar-refractivity contribution in [3.8, 4) is 5.75 Å². The van der Waals surface area contributed by atoms with Gasteiger partial charge in [-0.3, -0.25) is 24.0 Å². The molecule has 18 heteroatoms. The number of amides is 6. The van der Waals surface area contributed by atoms with Gasteiger partial charge < -0.3 is 57.0 Å². The van der Waals surface area contributed by atoms with Crippen LogP contribution < -0.4 is 42.4 Å². The normalized spacial score (nSPS) is 14.4. The molecule has 5 atom stereocenters. The van der Waals surface area contributed by atoms with Gasteiger partial charge in [-0.25, -0.2) is 9.59 Å². The molecule has 0 unspecified atom stereocenters. The van der Waals surface area contributed by atoms with E-state index in [0.29, 0.717) is 24.2 Å². The van der Waals surface area contributed by atoms with Gasteiger partial charge in [-0.15, -0.1) is 0 Å². The van der Waals surface area contributed by atoms with Gasteiger partial charge in [-0.1, -0.05) is 39.8 Å². The smallest absolute Gasteiger partial charge is 0.407 e. The Bertz CT molecular complexity index is 1630. The van der Waals surface area contributed by atoms with E-state index in [-0.39, 0.29) is 44.2 Å². The fraction of sp³-hybridized carbons (Fsp3) is 0.705. The quantitative estimate of drug-likeness (QED) is 0.0697. The number of nitrogens with two attached hydrogens (primary N) is 1. The summed E-state index contributed by atoms with van der Waals surface area (Å²) in [6.07, 6.45) is 0.551. The van der Waals surface area contributed by atoms with Gasteiger partial charge in [0, 0.05) is 13.0 Å². The third-order valence-electron chi connectivity index (χ3n) is 8.74. The molecule has 0 aliphatic carbocycles. The van der Waals surface area contributed by atoms with Crippen molar-refractivity contribution in [1.29, 1.82) is 0 Å². The second-order valence-electron chi connectivity index (χ2n) is 19.2. The monoisotopic (exact) mass is 878 g/mol. The van der Waals surface area contributed by atoms with Crippen LogP contribution in [0.3, 0.4) is 0 Å². The van der Waals surface area contributed by atoms with Gasteiger partial charge in [0.15, 0.2) is 6.04 Å². The lowest BCUT2D eigenvalue weighted by Crippen LogP contribution is -2.59. The summed E-state index contributed by atoms with van der Waals surface area (Å²) in [7, 11) is 0. The summed E-state index contributed by atoms with van der Waals surface area (Å²) in [4.78, 5) is 91.6. The maximum Gasteiger partial charge on any atom is 0.407 e. The van der Waals surface area contributed by atoms with Gasteiger partial charge in [0.05, 0.1) is 24.8 Å². The van der Waals surface area contributed by atoms with Crippen molar-refractivity contribution in [3.63, 3.8) is 0 Å². The number of carboxylic acid groups (broad SMARTS) is 1. The number of nitrogens with one attached hydrogen (secondary N) is 6. The summed E-state index contributed by atoms with van der Waals surface area (Å²) >= 11 is 0. The van der Waals surface area contributed by atoms with Crippen LogP contribution in [-0.2, 0) is 44.7 Å². The van der Waals surface area contributed by atoms with E-state index in [1.54, 1.807) is 79.7 Å². The van der Waals surface area contributed by atoms with Crippen molar-refractivity contribution in [2.75, 3.05) is 19.7 Å². The van der Waals surface area contributed by atoms with Crippen molar-refractivity contribution in [1.82, 2.24) is 31.9 Å². The molecule has 1 aromatic rings. The number of hydrogen-bond donors (Lipinski definition) is 8. The van der Waals surface area contributed by atoms with E-state index in [4.69, 9.17) is 19.9 Å². The van der Waals surface area contributed by atoms with Gasteiger partial charge >= 0.3 is 12.1 Å². The van der Waals surface area contributed by atoms with Crippen LogP contribution >= 0.6 is 0 Å². The predicted octanol–water partition coefficient (Wildman–Crippen LogP) is 3.09. The third kappa shape index (κ3) is 23.9. The zero-order chi connectivity index (χ0) is 47.6. The molecule has 9 N–H and O–H groups in total. The molecule has 0 spiro atoms. The molecule has 18 nitrogen and oxygen atoms in total. The molecular weight excluding hydrogens is 803 g/mol. The zero-order valence-corrected chi connectivity index (χ0v) is 39.1. The number of hydrogen-bond acceptors (Lipinski definition) is 11. The lowest BCUT2D eigenvalue weighted by molar-refractivity contribution is -0.145. The van der Waals surface area contributed by atoms with Gasteiger partial charge in [0.25, 0.3) is 0 Å². The Morgan fingerprint density at radius 3 is 1.74 bits per heavy atom. The number of ether oxygens (including phenoxy) is 3. The van der Waals surface area contributed by atoms with Crippen molar-refractivity contribution >= 4 is 41.6 Å². The first kappa shape index (κ1) is 55.0. The summed E-state index contributed by atoms with van der Waals surface area (Å²) in [6.45, 7) is 22.7. The molecule has 0 aliphatic rings. The molecule has 0 radical (unpaired) electrons. The van der Waals surface area contributed by atoms with Gasteiger partial charge in [-0.2, -0.15) is 0 Å². The molecule has 0 saturated carbocycles. The Labute approximate surface area is 367 Å². The van der Waals surface area contributed by atoms with Crippen LogP contribution in [0, 0.1) is 11.8 Å². The summed E-state index contributed by atoms with van der Waals surface area (Å²) in [5.74, 6) is -4.51. The standard InChI is InChI=1S/C44H75N7O11/c1-26(2)22-31(50-37(54)30(49-39(56)35(45)27(3)4)16-14-15-21-46-41(59)62-44(11,12)13)38(55)51-32(23-28-17-19-29(20-18-28)61-43(8,9)10)36(53)47-24-34(52)48-33(40(57)58)25-60-42(5,6)7/h17-20,26-27,30-33,35H,14-16,21-25,45H2,1-13H3,(H,46,59)(H,47,53)(H,48,52)(H,49,56)(H,50,54)(H,51,55)(H,57,58)/t30-,31-,32-,33-,35-/m0/s1. The van der Waals surface area contributed by atoms with Gasteiger partial charge in [-0.05, 0) is 118 Å². The Kier molecular flexibility index (Phi) is 22.4. The average Bonchev–Trinajstić information content (AvgIpc) is 3.12. The highest BCUT2D eigenvalue weighted by molar-refractivity contribution is 5.95. The minimum absolute atomic E-state index is 0.0301. The molecule has 0 aromatic heterocycles. The van der Waals surface area contributed by atoms with E-state index in [2.05, 4.69) is 31.9 Å². The fourth-order valence-corrected chi connectivity index (χ4v) is 5.60. The van der Waals surface area contributed by atoms with Crippen LogP contribution in [0.5, 0.6) is 5.75 Å². The largest absolute Gasteiger partial charge is 0.488 e. The number of aliphatic carboxylic acids is 1. The Balaban J connectivity index is 3.33. The molecule has 6 amide bonds. The first-order chi connectivity index (χ1) is 28.5. The van der Waals surface area contributed by atoms with Crippen LogP contribution in [0.4, 0.5) is 4.79 Å². The maximum absolute atomic E-state index is 14.1. The van der Waals surface area contributed by atoms with Crippen molar-refractivity contribution < 1.29 is 52.9 Å². The van der Waals surface area contributed by atoms with Gasteiger partial charge in [0.1, 0.15) is 35.1 Å². The highest BCUT2D eigenvalue weighted by atomic mass is 16.6. The topological polar surface area (TPSA) is 266 Å². The third-order valence-corrected chi connectivity index (χ3v) is 8.74. The van der Waals surface area contributed by atoms with Crippen molar-refractivity contribution in [3.05, 3.63) is 29.8 Å². The minimum atomic E-state index is -1.38. The molecular formula is C44H75N7O11. The second kappa shape index (κ2) is 25.2. The van der Waals surface area contributed by atoms with E-state index < -0.39 is 95.2 Å². The SMILES string of the molecule is CC(C)C[C@H](NC(=O)[C@H](CCCCNC(=O)OC(C)(C)C)NC(=O)[C@@H](N)C(C)C)C(=O)N[C@@H](Cc1ccc(OC(C)(C)C)cc1)C(=O)NCC(=O)N[C@@H](COC(C)(C)C)C(=O)O. The Morgan fingerprint density at radius 2 is 1.23 bits per heavy atom. The molecule has 0 saturated heterocycles. The maximum atomic E-state index is 14.1. The Hall–Kier alpha value is -4.97. The van der Waals surface area contributed by atoms with Crippen LogP contribution in [0.2, 0.25) is 0 Å². The van der Waals surface area contributed by atoms with Crippen LogP contribution in [-0.4, -0.2) is 113 Å². The van der Waals surface area contributed by atoms with Crippen LogP contribution in [0.1, 0.15) is 121 Å². The first-order valence-corrected chi connectivity index (χ1v) is 21.3. The van der Waals surface area contributed by atoms with E-state index >= 15 is 0 Å². The molecule has 0 aliphatic heterocycles. The Morgan fingerprint density at radius 1 is 0.661 bits per heavy atom. The van der Waals surface area contributed by atoms with E-state index in [9.17, 15) is 38.7 Å². The number of benzene rings is 1. The lowest BCUT2D eigenvalue weighted by atomic mass is 9.99. The fourth-order valence-electron chi connectivity index (χ4n) is 5.60. The number of alkyl carbamates (subject to hydrolysis) is 1. The number of carboxylic acids is 1. The molecule has 0 fully saturated rings. The average molecular weight is 878 g/mol. The summed E-state index contributed by atoms with van der Waals surface area (Å²) in [5.41, 5.74) is 4.94. The number of carbonyl (C=O) groups excluding carboxylic acids is 6. The lowest BCUT2D eigenvalue weighted by Gasteiger charge is -2.27. The molecule has 1 rings (SSSR count). The summed E-state index contributed by atoms with van der Waals surface area (Å²) < 4.78 is 16.7. The highest BCUT2D eigenvalue weighted by Crippen LogP contribution is 2.20. The van der Waals surface area contributed by atoms with Crippen LogP contribution in [0.15, 0.2) is 24.3 Å². The van der Waals surface area contributed by atoms with E-state index in [1.807, 2.05) is 34.6 Å². The number of unbranched alkanes of at least 4 members (excludes halogenated alkanes) is 1. The van der Waals surface area contributed by atoms with Crippen molar-refractivity contribution in [2.24, 2.45) is 17.6 Å². The molecule has 62 heavy (non-hydrogen) atoms. The number of carbonyl (C=O) groups is 7. The highest BCUT2D eigenvalue weighted by Gasteiger charge is 2.32. The first-order valence-electron chi connectivity index (χ1n) is 21.3. The van der Waals surface area contributed by atoms with Crippen molar-refractivity contribution in [2.45, 2.75) is 169 Å². The van der Waals surface area contributed by atoms with E-state index in [1.165, 1.54) is 0 Å². The predicted molar refractivity (Wildman–Crippen MR) is 235 cm³/mol. The molecule has 0 bridgehead atoms. The van der Waals surface area contributed by atoms with E-state index in [0.717, 1.165) is 0 Å². The summed E-state index contributed by atoms with van der Waals surface area (Å²) in [5, 5.41) is 25.4. The minimum Gasteiger partial charge on any atom is -0.488 e. The van der Waals surface area contributed by atoms with Crippen LogP contribution in [0.25, 0.3) is 0 Å². The molecule has 352 valence electrons. The molecule has 0 heterocycles. The number of rotatable bonds is 24. The zero-order valence-electron chi connectivity index (χ0n) is 39.1. The second-order valence-corrected chi connectivity index (χ2v) is 19.2. The summed E-state index contributed by atoms with van der Waals surface area (Å²) in [6, 6.07) is 1.13. The van der Waals surface area contributed by atoms with Gasteiger partial charge in [0.2, 0.25) is 29.5 Å². The molecule has 1 aromatic carbocycles.